The maximum absolute atomic E-state index is 13.4. The number of anilines is 1. The van der Waals surface area contributed by atoms with E-state index in [-0.39, 0.29) is 0 Å². The van der Waals surface area contributed by atoms with Crippen molar-refractivity contribution >= 4 is 15.7 Å². The molecule has 0 saturated carbocycles. The lowest BCUT2D eigenvalue weighted by Gasteiger charge is -2.36. The minimum absolute atomic E-state index is 0.320. The zero-order valence-corrected chi connectivity index (χ0v) is 18.4. The van der Waals surface area contributed by atoms with Gasteiger partial charge in [-0.3, -0.25) is 0 Å². The van der Waals surface area contributed by atoms with E-state index < -0.39 is 10.0 Å². The molecular weight excluding hydrogens is 384 g/mol. The molecule has 1 fully saturated rings. The van der Waals surface area contributed by atoms with E-state index in [2.05, 4.69) is 36.9 Å². The minimum atomic E-state index is -3.58. The lowest BCUT2D eigenvalue weighted by atomic mass is 9.92. The number of sulfonamides is 1. The minimum Gasteiger partial charge on any atom is -0.495 e. The number of benzene rings is 2. The number of hydrogen-bond donors (Lipinski definition) is 0. The van der Waals surface area contributed by atoms with Gasteiger partial charge >= 0.3 is 0 Å². The molecular formula is C23H30N2O3S. The normalized spacial score (nSPS) is 17.8. The Kier molecular flexibility index (Phi) is 5.58. The fraction of sp³-hybridized carbons (Fsp3) is 0.478. The molecule has 2 aromatic rings. The summed E-state index contributed by atoms with van der Waals surface area (Å²) in [6.07, 6.45) is 4.22. The van der Waals surface area contributed by atoms with Gasteiger partial charge in [-0.1, -0.05) is 12.1 Å². The van der Waals surface area contributed by atoms with Crippen LogP contribution in [-0.2, 0) is 22.9 Å². The molecule has 0 N–H and O–H groups in total. The van der Waals surface area contributed by atoms with Crippen LogP contribution in [0.5, 0.6) is 5.75 Å². The van der Waals surface area contributed by atoms with Gasteiger partial charge in [0.1, 0.15) is 10.6 Å². The quantitative estimate of drug-likeness (QED) is 0.765. The molecule has 156 valence electrons. The summed E-state index contributed by atoms with van der Waals surface area (Å²) in [5.74, 6) is 0.475. The van der Waals surface area contributed by atoms with Crippen LogP contribution < -0.4 is 9.64 Å². The lowest BCUT2D eigenvalue weighted by molar-refractivity contribution is 0.373. The SMILES string of the molecule is COc1cc2c(cc1S(=O)(=O)N1CCN(c3cccc(C)c3C)CC1)CCCC2. The van der Waals surface area contributed by atoms with Crippen LogP contribution in [-0.4, -0.2) is 46.0 Å². The smallest absolute Gasteiger partial charge is 0.246 e. The molecule has 2 aliphatic rings. The van der Waals surface area contributed by atoms with Crippen LogP contribution in [0.1, 0.15) is 35.1 Å². The highest BCUT2D eigenvalue weighted by molar-refractivity contribution is 7.89. The molecule has 0 spiro atoms. The fourth-order valence-corrected chi connectivity index (χ4v) is 6.10. The Hall–Kier alpha value is -2.05. The van der Waals surface area contributed by atoms with Crippen LogP contribution in [0.3, 0.4) is 0 Å². The summed E-state index contributed by atoms with van der Waals surface area (Å²) in [6.45, 7) is 6.59. The zero-order chi connectivity index (χ0) is 20.6. The molecule has 1 aliphatic carbocycles. The molecule has 0 atom stereocenters. The number of fused-ring (bicyclic) bond motifs is 1. The van der Waals surface area contributed by atoms with Crippen LogP contribution in [0, 0.1) is 13.8 Å². The van der Waals surface area contributed by atoms with Gasteiger partial charge < -0.3 is 9.64 Å². The van der Waals surface area contributed by atoms with Gasteiger partial charge in [0.25, 0.3) is 0 Å². The van der Waals surface area contributed by atoms with Gasteiger partial charge in [-0.25, -0.2) is 8.42 Å². The average molecular weight is 415 g/mol. The molecule has 6 heteroatoms. The van der Waals surface area contributed by atoms with E-state index in [1.165, 1.54) is 22.4 Å². The van der Waals surface area contributed by atoms with Crippen molar-refractivity contribution in [3.05, 3.63) is 52.6 Å². The fourth-order valence-electron chi connectivity index (χ4n) is 4.49. The van der Waals surface area contributed by atoms with Crippen molar-refractivity contribution in [2.45, 2.75) is 44.4 Å². The highest BCUT2D eigenvalue weighted by Gasteiger charge is 2.32. The van der Waals surface area contributed by atoms with Gasteiger partial charge in [0, 0.05) is 31.9 Å². The van der Waals surface area contributed by atoms with E-state index in [0.717, 1.165) is 31.2 Å². The molecule has 4 rings (SSSR count). The third-order valence-corrected chi connectivity index (χ3v) is 8.32. The van der Waals surface area contributed by atoms with Gasteiger partial charge in [0.2, 0.25) is 10.0 Å². The predicted octanol–water partition coefficient (Wildman–Crippen LogP) is 3.70. The lowest BCUT2D eigenvalue weighted by Crippen LogP contribution is -2.49. The molecule has 0 unspecified atom stereocenters. The Morgan fingerprint density at radius 1 is 0.931 bits per heavy atom. The molecule has 1 saturated heterocycles. The average Bonchev–Trinajstić information content (AvgIpc) is 2.74. The van der Waals surface area contributed by atoms with E-state index in [9.17, 15) is 8.42 Å². The Morgan fingerprint density at radius 2 is 1.59 bits per heavy atom. The van der Waals surface area contributed by atoms with Gasteiger partial charge in [-0.15, -0.1) is 0 Å². The first-order valence-corrected chi connectivity index (χ1v) is 11.9. The zero-order valence-electron chi connectivity index (χ0n) is 17.6. The molecule has 0 amide bonds. The van der Waals surface area contributed by atoms with Crippen molar-refractivity contribution in [1.82, 2.24) is 4.31 Å². The summed E-state index contributed by atoms with van der Waals surface area (Å²) >= 11 is 0. The first-order valence-electron chi connectivity index (χ1n) is 10.4. The number of hydrogen-bond acceptors (Lipinski definition) is 4. The molecule has 5 nitrogen and oxygen atoms in total. The topological polar surface area (TPSA) is 49.9 Å². The van der Waals surface area contributed by atoms with Gasteiger partial charge in [-0.05, 0) is 80.0 Å². The Morgan fingerprint density at radius 3 is 2.24 bits per heavy atom. The van der Waals surface area contributed by atoms with Crippen LogP contribution in [0.15, 0.2) is 35.2 Å². The van der Waals surface area contributed by atoms with E-state index in [4.69, 9.17) is 4.74 Å². The largest absolute Gasteiger partial charge is 0.495 e. The summed E-state index contributed by atoms with van der Waals surface area (Å²) in [4.78, 5) is 2.61. The number of methoxy groups -OCH3 is 1. The van der Waals surface area contributed by atoms with E-state index in [1.54, 1.807) is 11.4 Å². The number of rotatable bonds is 4. The Bertz CT molecular complexity index is 1010. The van der Waals surface area contributed by atoms with Gasteiger partial charge in [-0.2, -0.15) is 4.31 Å². The predicted molar refractivity (Wildman–Crippen MR) is 117 cm³/mol. The number of nitrogens with zero attached hydrogens (tertiary/aromatic N) is 2. The highest BCUT2D eigenvalue weighted by Crippen LogP contribution is 2.34. The summed E-state index contributed by atoms with van der Waals surface area (Å²) in [6, 6.07) is 10.1. The first-order chi connectivity index (χ1) is 13.9. The van der Waals surface area contributed by atoms with E-state index in [0.29, 0.717) is 36.8 Å². The molecule has 1 heterocycles. The van der Waals surface area contributed by atoms with E-state index in [1.807, 2.05) is 12.1 Å². The number of aryl methyl sites for hydroxylation is 3. The summed E-state index contributed by atoms with van der Waals surface area (Å²) in [5, 5.41) is 0. The second-order valence-corrected chi connectivity index (χ2v) is 10.00. The van der Waals surface area contributed by atoms with Crippen molar-refractivity contribution in [2.24, 2.45) is 0 Å². The maximum Gasteiger partial charge on any atom is 0.246 e. The molecule has 29 heavy (non-hydrogen) atoms. The van der Waals surface area contributed by atoms with Crippen LogP contribution in [0.4, 0.5) is 5.69 Å². The maximum atomic E-state index is 13.4. The first kappa shape index (κ1) is 20.2. The second kappa shape index (κ2) is 8.00. The molecule has 2 aromatic carbocycles. The van der Waals surface area contributed by atoms with Crippen molar-refractivity contribution in [1.29, 1.82) is 0 Å². The van der Waals surface area contributed by atoms with Gasteiger partial charge in [0.05, 0.1) is 7.11 Å². The molecule has 0 radical (unpaired) electrons. The number of piperazine rings is 1. The van der Waals surface area contributed by atoms with Crippen molar-refractivity contribution in [3.8, 4) is 5.75 Å². The van der Waals surface area contributed by atoms with Crippen molar-refractivity contribution in [2.75, 3.05) is 38.2 Å². The number of ether oxygens (including phenoxy) is 1. The van der Waals surface area contributed by atoms with Gasteiger partial charge in [0.15, 0.2) is 0 Å². The molecule has 0 bridgehead atoms. The summed E-state index contributed by atoms with van der Waals surface area (Å²) in [7, 11) is -2.02. The van der Waals surface area contributed by atoms with Crippen molar-refractivity contribution in [3.63, 3.8) is 0 Å². The van der Waals surface area contributed by atoms with Crippen LogP contribution >= 0.6 is 0 Å². The summed E-state index contributed by atoms with van der Waals surface area (Å²) < 4.78 is 34.0. The third-order valence-electron chi connectivity index (χ3n) is 6.40. The molecule has 1 aliphatic heterocycles. The third kappa shape index (κ3) is 3.76. The van der Waals surface area contributed by atoms with Crippen LogP contribution in [0.2, 0.25) is 0 Å². The Labute approximate surface area is 174 Å². The van der Waals surface area contributed by atoms with E-state index >= 15 is 0 Å². The van der Waals surface area contributed by atoms with Crippen molar-refractivity contribution < 1.29 is 13.2 Å². The monoisotopic (exact) mass is 414 g/mol. The highest BCUT2D eigenvalue weighted by atomic mass is 32.2. The second-order valence-electron chi connectivity index (χ2n) is 8.09. The standard InChI is InChI=1S/C23H30N2O3S/c1-17-7-6-10-21(18(17)2)24-11-13-25(14-12-24)29(26,27)23-16-20-9-5-4-8-19(20)15-22(23)28-3/h6-7,10,15-16H,4-5,8-9,11-14H2,1-3H3. The molecule has 0 aromatic heterocycles. The Balaban J connectivity index is 1.57. The summed E-state index contributed by atoms with van der Waals surface area (Å²) in [5.41, 5.74) is 6.11. The van der Waals surface area contributed by atoms with Crippen LogP contribution in [0.25, 0.3) is 0 Å².